The Hall–Kier alpha value is -6.44. The number of sulfone groups is 1. The molecule has 2 aromatic carbocycles. The summed E-state index contributed by atoms with van der Waals surface area (Å²) in [6.45, 7) is 13.1. The molecule has 0 aliphatic carbocycles. The van der Waals surface area contributed by atoms with Crippen molar-refractivity contribution < 1.29 is 149 Å². The number of alkyl halides is 5. The second kappa shape index (κ2) is 47.4. The van der Waals surface area contributed by atoms with Crippen LogP contribution in [0.2, 0.25) is 0 Å². The number of halogens is 5. The fraction of sp³-hybridized carbons (Fsp3) is 0.603. The number of carboxylic acids is 1. The maximum atomic E-state index is 14.9. The van der Waals surface area contributed by atoms with Gasteiger partial charge in [0.05, 0.1) is 60.8 Å². The van der Waals surface area contributed by atoms with Crippen LogP contribution in [0.4, 0.5) is 22.0 Å². The van der Waals surface area contributed by atoms with Gasteiger partial charge in [0.1, 0.15) is 73.5 Å². The van der Waals surface area contributed by atoms with Crippen molar-refractivity contribution in [2.75, 3.05) is 43.2 Å². The minimum Gasteiger partial charge on any atom is -0.481 e. The van der Waals surface area contributed by atoms with Crippen molar-refractivity contribution in [3.05, 3.63) is 195 Å². The Kier molecular flexibility index (Phi) is 40.7. The van der Waals surface area contributed by atoms with Crippen LogP contribution in [0.3, 0.4) is 0 Å². The average Bonchev–Trinajstić information content (AvgIpc) is 1.65. The maximum absolute atomic E-state index is 14.9. The summed E-state index contributed by atoms with van der Waals surface area (Å²) in [5, 5.41) is 17.6. The smallest absolute Gasteiger partial charge is 0.348 e. The zero-order chi connectivity index (χ0) is 93.8. The SMILES string of the molecule is CC(C)O[C@H]1[C@@H](F)[C@H](c2ccccc2)O[C@@H]1/C=C/P(=O)(O)CO.CC(C)O[C@H]1[C@@H](F)[C@H](c2ccccc2)O[C@@H]1/C=C/P(=O)(O)O.CC(C)O[C@H]1[C@@H](F)[C@H](n2ccc(=O)[nH]c2=O)O[C@@H]1CCS(=O)(=O)CP(=O)(O)O.CC(C)O[C@H]1[C@@H](F)[C@H](n2ccc(=O)[nH]c2=O)O[C@@H]1COP(O)(=S)CC(=O)O.CNS(=O)(=O)CC[C@H]1O[C@@H](n2ccc(=O)[nH]c2=O)[C@H](F)[C@@H]1OC(C)C. The van der Waals surface area contributed by atoms with E-state index in [1.807, 2.05) is 27.1 Å². The van der Waals surface area contributed by atoms with Crippen molar-refractivity contribution in [1.82, 2.24) is 33.4 Å². The second-order valence-electron chi connectivity index (χ2n) is 30.1. The van der Waals surface area contributed by atoms with Crippen molar-refractivity contribution in [3.8, 4) is 0 Å². The molecule has 0 saturated carbocycles. The number of nitrogens with zero attached hydrogens (tertiary/aromatic N) is 3. The molecule has 22 atom stereocenters. The summed E-state index contributed by atoms with van der Waals surface area (Å²) in [4.78, 5) is 141. The fourth-order valence-electron chi connectivity index (χ4n) is 12.9. The molecule has 0 spiro atoms. The monoisotopic (exact) mass is 1920 g/mol. The van der Waals surface area contributed by atoms with Crippen molar-refractivity contribution in [2.24, 2.45) is 0 Å². The first kappa shape index (κ1) is 107. The average molecular weight is 1920 g/mol. The van der Waals surface area contributed by atoms with Gasteiger partial charge in [-0.25, -0.2) is 57.9 Å². The number of nitrogens with one attached hydrogen (secondary N) is 4. The number of carboxylic acid groups (broad SMARTS) is 1. The first-order valence-corrected chi connectivity index (χ1v) is 50.3. The molecule has 5 fully saturated rings. The van der Waals surface area contributed by atoms with Crippen LogP contribution in [-0.2, 0) is 102 Å². The third-order valence-electron chi connectivity index (χ3n) is 18.1. The molecule has 2 unspecified atom stereocenters. The van der Waals surface area contributed by atoms with Gasteiger partial charge >= 0.3 is 38.2 Å². The van der Waals surface area contributed by atoms with Gasteiger partial charge in [-0.2, -0.15) is 0 Å². The summed E-state index contributed by atoms with van der Waals surface area (Å²) < 4.78 is 220. The van der Waals surface area contributed by atoms with E-state index >= 15 is 0 Å². The molecule has 3 aromatic heterocycles. The van der Waals surface area contributed by atoms with E-state index in [4.69, 9.17) is 93.5 Å². The summed E-state index contributed by atoms with van der Waals surface area (Å²) in [7, 11) is -19.2. The maximum Gasteiger partial charge on any atom is 0.348 e. The van der Waals surface area contributed by atoms with Gasteiger partial charge in [0.25, 0.3) is 16.7 Å². The van der Waals surface area contributed by atoms with Crippen LogP contribution in [0.5, 0.6) is 0 Å². The van der Waals surface area contributed by atoms with Crippen LogP contribution >= 0.6 is 29.1 Å². The normalized spacial score (nSPS) is 28.1. The van der Waals surface area contributed by atoms with E-state index in [2.05, 4.69) is 4.72 Å². The lowest BCUT2D eigenvalue weighted by Gasteiger charge is -2.23. The predicted molar refractivity (Wildman–Crippen MR) is 443 cm³/mol. The largest absolute Gasteiger partial charge is 0.481 e. The molecular weight excluding hydrogens is 1820 g/mol. The first-order chi connectivity index (χ1) is 58.0. The Morgan fingerprint density at radius 1 is 0.512 bits per heavy atom. The fourth-order valence-corrected chi connectivity index (χ4v) is 19.1. The quantitative estimate of drug-likeness (QED) is 0.0192. The van der Waals surface area contributed by atoms with Gasteiger partial charge in [-0.05, 0) is 124 Å². The minimum absolute atomic E-state index is 0.00438. The third-order valence-corrected chi connectivity index (χ3v) is 26.8. The highest BCUT2D eigenvalue weighted by molar-refractivity contribution is 8.09. The van der Waals surface area contributed by atoms with E-state index in [1.54, 1.807) is 118 Å². The van der Waals surface area contributed by atoms with Crippen LogP contribution in [0.15, 0.2) is 150 Å². The molecule has 12 N–H and O–H groups in total. The lowest BCUT2D eigenvalue weighted by atomic mass is 10.0. The molecule has 40 nitrogen and oxygen atoms in total. The van der Waals surface area contributed by atoms with E-state index in [-0.39, 0.29) is 43.0 Å². The minimum atomic E-state index is -4.78. The number of rotatable bonds is 34. The molecule has 5 aliphatic heterocycles. The highest BCUT2D eigenvalue weighted by Gasteiger charge is 2.53. The van der Waals surface area contributed by atoms with Gasteiger partial charge in [0.15, 0.2) is 71.4 Å². The molecule has 8 heterocycles. The molecule has 5 aromatic rings. The molecular formula is C73H106F5N7O33P4S3. The lowest BCUT2D eigenvalue weighted by Crippen LogP contribution is -2.38. The Bertz CT molecular complexity index is 5200. The molecule has 125 heavy (non-hydrogen) atoms. The number of benzene rings is 2. The number of carbonyl (C=O) groups is 1. The van der Waals surface area contributed by atoms with E-state index in [1.165, 1.54) is 19.2 Å². The second-order valence-corrected chi connectivity index (χ2v) is 43.5. The topological polar surface area (TPSA) is 577 Å². The summed E-state index contributed by atoms with van der Waals surface area (Å²) >= 11 is 4.75. The van der Waals surface area contributed by atoms with E-state index in [0.717, 1.165) is 62.1 Å². The van der Waals surface area contributed by atoms with E-state index < -0.39 is 248 Å². The van der Waals surface area contributed by atoms with E-state index in [0.29, 0.717) is 11.1 Å². The van der Waals surface area contributed by atoms with Gasteiger partial charge in [-0.1, -0.05) is 60.7 Å². The molecule has 0 radical (unpaired) electrons. The van der Waals surface area contributed by atoms with Gasteiger partial charge in [0, 0.05) is 48.4 Å². The number of sulfonamides is 1. The summed E-state index contributed by atoms with van der Waals surface area (Å²) in [6.07, 6.45) is -21.6. The molecule has 0 bridgehead atoms. The number of aromatic nitrogens is 6. The highest BCUT2D eigenvalue weighted by atomic mass is 32.5. The molecule has 5 saturated heterocycles. The number of aliphatic hydroxyl groups excluding tert-OH is 1. The number of aliphatic carboxylic acids is 1. The molecule has 52 heteroatoms. The summed E-state index contributed by atoms with van der Waals surface area (Å²) in [5.74, 6) is -0.556. The van der Waals surface area contributed by atoms with Gasteiger partial charge in [-0.15, -0.1) is 0 Å². The number of hydrogen-bond donors (Lipinski definition) is 12. The van der Waals surface area contributed by atoms with Crippen molar-refractivity contribution in [1.29, 1.82) is 0 Å². The third kappa shape index (κ3) is 33.8. The number of aliphatic hydroxyl groups is 1. The lowest BCUT2D eigenvalue weighted by molar-refractivity contribution is -0.134. The Morgan fingerprint density at radius 3 is 1.17 bits per heavy atom. The van der Waals surface area contributed by atoms with Crippen LogP contribution in [0.25, 0.3) is 0 Å². The number of hydrogen-bond acceptors (Lipinski definition) is 27. The van der Waals surface area contributed by atoms with E-state index in [9.17, 15) is 95.8 Å². The molecule has 10 rings (SSSR count). The summed E-state index contributed by atoms with van der Waals surface area (Å²) in [6, 6.07) is 20.9. The van der Waals surface area contributed by atoms with Crippen LogP contribution < -0.4 is 38.5 Å². The Morgan fingerprint density at radius 2 is 0.848 bits per heavy atom. The highest BCUT2D eigenvalue weighted by Crippen LogP contribution is 2.47. The van der Waals surface area contributed by atoms with Gasteiger partial charge < -0.3 is 91.5 Å². The molecule has 5 aliphatic rings. The van der Waals surface area contributed by atoms with Crippen LogP contribution in [-0.4, -0.2) is 257 Å². The summed E-state index contributed by atoms with van der Waals surface area (Å²) in [5.41, 5.74) is -4.49. The Balaban J connectivity index is 0.000000242. The first-order valence-electron chi connectivity index (χ1n) is 38.5. The zero-order valence-corrected chi connectivity index (χ0v) is 75.2. The number of aromatic amines is 3. The standard InChI is InChI=1S/C16H22FO5P.C15H20FO5P.C14H22FN3O6S.C14H22FN2O9PS.C14H20FN2O8PS/c1-11(2)21-16-13(8-9-23(19,20)10-18)22-15(14(16)17)12-6-4-3-5-7-12;1-10(2)20-15-12(8-9-22(17,18)19)21-14(13(15)16)11-6-4-3-5-7-11;1-8(2)23-12-9(5-7-25(21,22)16-3)24-13(11(12)15)18-6-4-10(19)17-14(18)20;1-8(2)25-12-9(4-6-28(23,24)7-27(20,21)22)26-13(11(12)15)17-5-3-10(18)16-14(17)19;1-7(2)24-12-8(5-23-26(22,27)6-10(19)20)25-13(11(12)15)17-4-3-9(18)16-14(17)21/h3-9,11,13-16,18H,10H2,1-2H3,(H,19,20);3-10,12-15H,1-2H3,(H2,17,18,19);4,6,8-9,11-13,16H,5,7H2,1-3H3,(H,17,19,20);3,5,8-9,11-13H,4,6-7H2,1-2H3,(H,16,18,19)(H2,20,21,22);3-4,7-8,11-13H,5-6H2,1-2H3,(H,19,20)(H,22,27)(H,16,18,21)/b2*9-8+;;;/t13-,14+,15+,16-;12-,13+,14+,15-;2*9-,11-,12-,13-;8-,11-,12-,13-,26?/m11111/s1. The van der Waals surface area contributed by atoms with Crippen LogP contribution in [0, 0.1) is 0 Å². The van der Waals surface area contributed by atoms with Crippen molar-refractivity contribution >= 4 is 66.7 Å². The predicted octanol–water partition coefficient (Wildman–Crippen LogP) is 4.92. The van der Waals surface area contributed by atoms with Gasteiger partial charge in [-0.3, -0.25) is 61.5 Å². The zero-order valence-electron chi connectivity index (χ0n) is 69.2. The van der Waals surface area contributed by atoms with Gasteiger partial charge in [0.2, 0.25) is 17.4 Å². The van der Waals surface area contributed by atoms with Crippen molar-refractivity contribution in [2.45, 2.75) is 235 Å². The number of ether oxygens (including phenoxy) is 10. The molecule has 704 valence electrons. The molecule has 0 amide bonds. The van der Waals surface area contributed by atoms with Crippen molar-refractivity contribution in [3.63, 3.8) is 0 Å². The van der Waals surface area contributed by atoms with Crippen LogP contribution in [0.1, 0.15) is 124 Å². The number of H-pyrrole nitrogens is 3. The Labute approximate surface area is 718 Å².